The lowest BCUT2D eigenvalue weighted by molar-refractivity contribution is 0.0902. The number of benzene rings is 2. The average molecular weight is 394 g/mol. The van der Waals surface area contributed by atoms with Crippen LogP contribution in [0, 0.1) is 0 Å². The fraction of sp³-hybridized carbons (Fsp3) is 0.304. The molecule has 2 aromatic rings. The molecule has 1 aliphatic heterocycles. The summed E-state index contributed by atoms with van der Waals surface area (Å²) in [6, 6.07) is 18.8. The van der Waals surface area contributed by atoms with Crippen molar-refractivity contribution in [2.75, 3.05) is 13.1 Å². The Hall–Kier alpha value is -3.28. The molecule has 0 bridgehead atoms. The van der Waals surface area contributed by atoms with Crippen molar-refractivity contribution < 1.29 is 19.1 Å². The third-order valence-electron chi connectivity index (χ3n) is 4.59. The molecule has 0 saturated heterocycles. The van der Waals surface area contributed by atoms with E-state index >= 15 is 0 Å². The van der Waals surface area contributed by atoms with Crippen LogP contribution in [0.5, 0.6) is 0 Å². The molecule has 6 nitrogen and oxygen atoms in total. The van der Waals surface area contributed by atoms with E-state index in [-0.39, 0.29) is 25.3 Å². The number of hydrogen-bond acceptors (Lipinski definition) is 4. The van der Waals surface area contributed by atoms with Gasteiger partial charge in [-0.2, -0.15) is 0 Å². The third kappa shape index (κ3) is 6.99. The van der Waals surface area contributed by atoms with Crippen LogP contribution in [0.25, 0.3) is 0 Å². The van der Waals surface area contributed by atoms with Crippen molar-refractivity contribution in [2.24, 2.45) is 0 Å². The predicted octanol–water partition coefficient (Wildman–Crippen LogP) is 4.27. The number of nitrogens with one attached hydrogen (secondary N) is 1. The van der Waals surface area contributed by atoms with Gasteiger partial charge in [-0.1, -0.05) is 72.8 Å². The predicted molar refractivity (Wildman–Crippen MR) is 110 cm³/mol. The van der Waals surface area contributed by atoms with E-state index in [0.717, 1.165) is 17.5 Å². The van der Waals surface area contributed by atoms with Crippen LogP contribution in [0.1, 0.15) is 24.0 Å². The molecule has 2 amide bonds. The summed E-state index contributed by atoms with van der Waals surface area (Å²) < 4.78 is 10.7. The van der Waals surface area contributed by atoms with E-state index in [4.69, 9.17) is 9.47 Å². The lowest BCUT2D eigenvalue weighted by Gasteiger charge is -2.28. The number of nitrogens with zero attached hydrogens (tertiary/aromatic N) is 1. The van der Waals surface area contributed by atoms with E-state index in [1.54, 1.807) is 4.90 Å². The Morgan fingerprint density at radius 3 is 2.17 bits per heavy atom. The lowest BCUT2D eigenvalue weighted by Crippen LogP contribution is -2.46. The molecule has 1 aliphatic rings. The molecule has 6 heteroatoms. The van der Waals surface area contributed by atoms with Gasteiger partial charge in [0.1, 0.15) is 13.2 Å². The molecule has 29 heavy (non-hydrogen) atoms. The number of carbonyl (C=O) groups excluding carboxylic acids is 2. The summed E-state index contributed by atoms with van der Waals surface area (Å²) >= 11 is 0. The highest BCUT2D eigenvalue weighted by Gasteiger charge is 2.22. The zero-order valence-electron chi connectivity index (χ0n) is 16.3. The topological polar surface area (TPSA) is 67.9 Å². The first-order chi connectivity index (χ1) is 14.2. The number of amides is 2. The van der Waals surface area contributed by atoms with Crippen LogP contribution in [0.4, 0.5) is 9.59 Å². The monoisotopic (exact) mass is 394 g/mol. The van der Waals surface area contributed by atoms with Crippen LogP contribution in [0.15, 0.2) is 72.8 Å². The van der Waals surface area contributed by atoms with Gasteiger partial charge in [-0.15, -0.1) is 0 Å². The summed E-state index contributed by atoms with van der Waals surface area (Å²) in [6.45, 7) is 1.35. The molecule has 0 unspecified atom stereocenters. The molecule has 3 rings (SSSR count). The summed E-state index contributed by atoms with van der Waals surface area (Å²) in [6.07, 6.45) is 4.54. The zero-order chi connectivity index (χ0) is 20.3. The van der Waals surface area contributed by atoms with Gasteiger partial charge in [0.25, 0.3) is 0 Å². The molecule has 0 aliphatic carbocycles. The molecule has 1 heterocycles. The Morgan fingerprint density at radius 2 is 1.52 bits per heavy atom. The zero-order valence-corrected chi connectivity index (χ0v) is 16.3. The fourth-order valence-corrected chi connectivity index (χ4v) is 3.05. The largest absolute Gasteiger partial charge is 0.445 e. The quantitative estimate of drug-likeness (QED) is 0.769. The molecule has 0 aromatic heterocycles. The second kappa shape index (κ2) is 10.9. The molecule has 0 spiro atoms. The van der Waals surface area contributed by atoms with Gasteiger partial charge in [-0.3, -0.25) is 0 Å². The van der Waals surface area contributed by atoms with Gasteiger partial charge in [0, 0.05) is 13.1 Å². The lowest BCUT2D eigenvalue weighted by atomic mass is 10.1. The minimum atomic E-state index is -0.495. The van der Waals surface area contributed by atoms with Gasteiger partial charge in [0.2, 0.25) is 0 Å². The second-order valence-corrected chi connectivity index (χ2v) is 6.88. The van der Waals surface area contributed by atoms with E-state index in [9.17, 15) is 9.59 Å². The first kappa shape index (κ1) is 20.5. The van der Waals surface area contributed by atoms with E-state index in [1.807, 2.05) is 72.8 Å². The highest BCUT2D eigenvalue weighted by molar-refractivity contribution is 5.69. The van der Waals surface area contributed by atoms with E-state index in [2.05, 4.69) is 5.32 Å². The van der Waals surface area contributed by atoms with Crippen LogP contribution in [0.3, 0.4) is 0 Å². The normalized spacial score (nSPS) is 17.5. The van der Waals surface area contributed by atoms with E-state index in [0.29, 0.717) is 19.5 Å². The summed E-state index contributed by atoms with van der Waals surface area (Å²) in [5, 5.41) is 2.85. The van der Waals surface area contributed by atoms with Crippen LogP contribution in [-0.4, -0.2) is 36.2 Å². The highest BCUT2D eigenvalue weighted by atomic mass is 16.6. The van der Waals surface area contributed by atoms with Crippen molar-refractivity contribution in [1.82, 2.24) is 10.2 Å². The van der Waals surface area contributed by atoms with Crippen molar-refractivity contribution in [3.05, 3.63) is 83.9 Å². The minimum absolute atomic E-state index is 0.206. The molecule has 0 radical (unpaired) electrons. The molecular weight excluding hydrogens is 368 g/mol. The van der Waals surface area contributed by atoms with Crippen molar-refractivity contribution in [2.45, 2.75) is 32.1 Å². The Bertz CT molecular complexity index is 808. The van der Waals surface area contributed by atoms with Crippen LogP contribution in [0.2, 0.25) is 0 Å². The molecule has 1 atom stereocenters. The maximum Gasteiger partial charge on any atom is 0.410 e. The Kier molecular flexibility index (Phi) is 7.69. The maximum atomic E-state index is 12.5. The Balaban J connectivity index is 1.50. The van der Waals surface area contributed by atoms with Crippen molar-refractivity contribution >= 4 is 12.2 Å². The van der Waals surface area contributed by atoms with Gasteiger partial charge in [0.15, 0.2) is 0 Å². The summed E-state index contributed by atoms with van der Waals surface area (Å²) in [7, 11) is 0. The fourth-order valence-electron chi connectivity index (χ4n) is 3.05. The Labute approximate surface area is 171 Å². The van der Waals surface area contributed by atoms with Gasteiger partial charge >= 0.3 is 12.2 Å². The maximum absolute atomic E-state index is 12.5. The molecule has 0 fully saturated rings. The van der Waals surface area contributed by atoms with Crippen molar-refractivity contribution in [1.29, 1.82) is 0 Å². The van der Waals surface area contributed by atoms with E-state index in [1.165, 1.54) is 0 Å². The standard InChI is InChI=1S/C23H26N2O4/c26-22(28-17-19-10-4-1-5-11-19)24-21-14-8-3-9-15-25(16-21)23(27)29-18-20-12-6-2-7-13-20/h1-8,10-13,21H,9,14-18H2,(H,24,26)/b8-3-/t21-/m0/s1. The average Bonchev–Trinajstić information content (AvgIpc) is 2.74. The smallest absolute Gasteiger partial charge is 0.410 e. The number of carbonyl (C=O) groups is 2. The summed E-state index contributed by atoms with van der Waals surface area (Å²) in [5.74, 6) is 0. The van der Waals surface area contributed by atoms with Crippen LogP contribution < -0.4 is 5.32 Å². The number of ether oxygens (including phenoxy) is 2. The molecule has 2 aromatic carbocycles. The van der Waals surface area contributed by atoms with Gasteiger partial charge in [0.05, 0.1) is 6.04 Å². The molecule has 0 saturated carbocycles. The first-order valence-electron chi connectivity index (χ1n) is 9.78. The second-order valence-electron chi connectivity index (χ2n) is 6.88. The summed E-state index contributed by atoms with van der Waals surface area (Å²) in [4.78, 5) is 26.3. The Morgan fingerprint density at radius 1 is 0.897 bits per heavy atom. The van der Waals surface area contributed by atoms with Crippen molar-refractivity contribution in [3.8, 4) is 0 Å². The number of hydrogen-bond donors (Lipinski definition) is 1. The first-order valence-corrected chi connectivity index (χ1v) is 9.78. The minimum Gasteiger partial charge on any atom is -0.445 e. The molecule has 152 valence electrons. The summed E-state index contributed by atoms with van der Waals surface area (Å²) in [5.41, 5.74) is 1.86. The van der Waals surface area contributed by atoms with Gasteiger partial charge in [-0.25, -0.2) is 9.59 Å². The van der Waals surface area contributed by atoms with Crippen molar-refractivity contribution in [3.63, 3.8) is 0 Å². The van der Waals surface area contributed by atoms with Crippen LogP contribution >= 0.6 is 0 Å². The van der Waals surface area contributed by atoms with Gasteiger partial charge < -0.3 is 19.7 Å². The molecular formula is C23H26N2O4. The number of alkyl carbamates (subject to hydrolysis) is 1. The van der Waals surface area contributed by atoms with E-state index < -0.39 is 6.09 Å². The highest BCUT2D eigenvalue weighted by Crippen LogP contribution is 2.10. The number of rotatable bonds is 5. The molecule has 1 N–H and O–H groups in total. The third-order valence-corrected chi connectivity index (χ3v) is 4.59. The van der Waals surface area contributed by atoms with Crippen LogP contribution in [-0.2, 0) is 22.7 Å². The van der Waals surface area contributed by atoms with Gasteiger partial charge in [-0.05, 0) is 24.0 Å². The SMILES string of the molecule is O=C(N[C@H]1C/C=C\CCN(C(=O)OCc2ccccc2)C1)OCc1ccccc1.